The number of carbonyl (C=O) groups excluding carboxylic acids is 5. The zero-order valence-electron chi connectivity index (χ0n) is 28.0. The number of benzene rings is 3. The van der Waals surface area contributed by atoms with Crippen molar-refractivity contribution in [2.24, 2.45) is 11.5 Å². The minimum Gasteiger partial charge on any atom is -0.445 e. The molecule has 3 aromatic carbocycles. The van der Waals surface area contributed by atoms with E-state index in [0.717, 1.165) is 11.1 Å². The molecule has 0 aliphatic rings. The number of nitrogens with zero attached hydrogens (tertiary/aromatic N) is 1. The zero-order chi connectivity index (χ0) is 36.0. The SMILES string of the molecule is NCCC[C@H](N)C(=O)N(CCNC(=O)OCc1ccccc1)[C@@H](CCCNC(=O)OCc1ccccc1)C(=O)NC(=O)OCc1ccccc1. The van der Waals surface area contributed by atoms with Gasteiger partial charge in [0.2, 0.25) is 5.91 Å². The van der Waals surface area contributed by atoms with E-state index in [1.54, 1.807) is 24.3 Å². The molecule has 0 saturated heterocycles. The Morgan fingerprint density at radius 3 is 1.56 bits per heavy atom. The van der Waals surface area contributed by atoms with E-state index < -0.39 is 42.2 Å². The first kappa shape index (κ1) is 39.0. The highest BCUT2D eigenvalue weighted by atomic mass is 16.6. The molecular formula is C36H46N6O8. The molecule has 5 amide bonds. The molecule has 0 aliphatic carbocycles. The first-order chi connectivity index (χ1) is 24.3. The van der Waals surface area contributed by atoms with Gasteiger partial charge >= 0.3 is 18.3 Å². The standard InChI is InChI=1S/C36H46N6O8/c37-20-10-18-30(38)33(44)42(23-22-40-35(46)49-25-28-14-6-2-7-15-28)31(32(43)41-36(47)50-26-29-16-8-3-9-17-29)19-11-21-39-34(45)48-24-27-12-4-1-5-13-27/h1-9,12-17,30-31H,10-11,18-26,37-38H2,(H,39,45)(H,40,46)(H,41,43,47)/t30-,31-/m0/s1. The topological polar surface area (TPSA) is 204 Å². The van der Waals surface area contributed by atoms with Gasteiger partial charge in [0.05, 0.1) is 6.04 Å². The lowest BCUT2D eigenvalue weighted by Crippen LogP contribution is -2.56. The summed E-state index contributed by atoms with van der Waals surface area (Å²) in [7, 11) is 0. The molecule has 0 radical (unpaired) electrons. The predicted octanol–water partition coefficient (Wildman–Crippen LogP) is 3.34. The summed E-state index contributed by atoms with van der Waals surface area (Å²) in [6.45, 7) is 0.207. The smallest absolute Gasteiger partial charge is 0.414 e. The number of nitrogens with one attached hydrogen (secondary N) is 3. The molecule has 14 nitrogen and oxygen atoms in total. The van der Waals surface area contributed by atoms with E-state index >= 15 is 0 Å². The number of hydrogen-bond donors (Lipinski definition) is 5. The Labute approximate surface area is 291 Å². The van der Waals surface area contributed by atoms with Crippen molar-refractivity contribution in [2.45, 2.75) is 57.6 Å². The molecule has 0 unspecified atom stereocenters. The predicted molar refractivity (Wildman–Crippen MR) is 185 cm³/mol. The lowest BCUT2D eigenvalue weighted by Gasteiger charge is -2.33. The maximum absolute atomic E-state index is 13.7. The van der Waals surface area contributed by atoms with Gasteiger partial charge in [0.15, 0.2) is 0 Å². The highest BCUT2D eigenvalue weighted by Crippen LogP contribution is 2.12. The first-order valence-electron chi connectivity index (χ1n) is 16.4. The average molecular weight is 691 g/mol. The third kappa shape index (κ3) is 14.7. The molecule has 3 rings (SSSR count). The zero-order valence-corrected chi connectivity index (χ0v) is 28.0. The van der Waals surface area contributed by atoms with Crippen molar-refractivity contribution >= 4 is 30.1 Å². The Bertz CT molecular complexity index is 1480. The number of amides is 5. The summed E-state index contributed by atoms with van der Waals surface area (Å²) in [6.07, 6.45) is -1.44. The minimum atomic E-state index is -1.22. The Balaban J connectivity index is 1.67. The van der Waals surface area contributed by atoms with Crippen molar-refractivity contribution in [2.75, 3.05) is 26.2 Å². The Morgan fingerprint density at radius 1 is 0.620 bits per heavy atom. The summed E-state index contributed by atoms with van der Waals surface area (Å²) in [6, 6.07) is 24.9. The molecule has 7 N–H and O–H groups in total. The molecule has 0 fully saturated rings. The molecule has 14 heteroatoms. The molecule has 0 bridgehead atoms. The lowest BCUT2D eigenvalue weighted by molar-refractivity contribution is -0.141. The fraction of sp³-hybridized carbons (Fsp3) is 0.361. The highest BCUT2D eigenvalue weighted by Gasteiger charge is 2.33. The van der Waals surface area contributed by atoms with Crippen molar-refractivity contribution in [1.82, 2.24) is 20.9 Å². The first-order valence-corrected chi connectivity index (χ1v) is 16.4. The summed E-state index contributed by atoms with van der Waals surface area (Å²) in [5.41, 5.74) is 14.2. The van der Waals surface area contributed by atoms with Gasteiger partial charge in [-0.1, -0.05) is 91.0 Å². The fourth-order valence-corrected chi connectivity index (χ4v) is 4.78. The van der Waals surface area contributed by atoms with Gasteiger partial charge in [-0.05, 0) is 48.9 Å². The molecule has 2 atom stereocenters. The van der Waals surface area contributed by atoms with Gasteiger partial charge < -0.3 is 41.2 Å². The highest BCUT2D eigenvalue weighted by molar-refractivity contribution is 5.97. The Hall–Kier alpha value is -5.47. The molecule has 3 aromatic rings. The van der Waals surface area contributed by atoms with Crippen LogP contribution in [0.5, 0.6) is 0 Å². The molecule has 0 heterocycles. The van der Waals surface area contributed by atoms with Crippen LogP contribution in [-0.4, -0.2) is 73.3 Å². The van der Waals surface area contributed by atoms with E-state index in [2.05, 4.69) is 16.0 Å². The van der Waals surface area contributed by atoms with Crippen LogP contribution < -0.4 is 27.4 Å². The van der Waals surface area contributed by atoms with Crippen molar-refractivity contribution in [1.29, 1.82) is 0 Å². The van der Waals surface area contributed by atoms with E-state index in [1.165, 1.54) is 4.90 Å². The molecular weight excluding hydrogens is 644 g/mol. The van der Waals surface area contributed by atoms with Gasteiger partial charge in [-0.3, -0.25) is 14.9 Å². The summed E-state index contributed by atoms with van der Waals surface area (Å²) in [5, 5.41) is 7.44. The second-order valence-electron chi connectivity index (χ2n) is 11.3. The molecule has 0 aliphatic heterocycles. The van der Waals surface area contributed by atoms with Gasteiger partial charge in [0.25, 0.3) is 5.91 Å². The molecule has 0 spiro atoms. The molecule has 0 saturated carbocycles. The maximum atomic E-state index is 13.7. The van der Waals surface area contributed by atoms with Crippen LogP contribution in [0.2, 0.25) is 0 Å². The van der Waals surface area contributed by atoms with E-state index in [9.17, 15) is 24.0 Å². The van der Waals surface area contributed by atoms with E-state index in [4.69, 9.17) is 25.7 Å². The number of hydrogen-bond acceptors (Lipinski definition) is 10. The summed E-state index contributed by atoms with van der Waals surface area (Å²) >= 11 is 0. The lowest BCUT2D eigenvalue weighted by atomic mass is 10.0. The second-order valence-corrected chi connectivity index (χ2v) is 11.3. The summed E-state index contributed by atoms with van der Waals surface area (Å²) < 4.78 is 15.7. The maximum Gasteiger partial charge on any atom is 0.414 e. The number of alkyl carbamates (subject to hydrolysis) is 3. The quantitative estimate of drug-likeness (QED) is 0.0917. The minimum absolute atomic E-state index is 0.0184. The van der Waals surface area contributed by atoms with Crippen LogP contribution in [-0.2, 0) is 43.6 Å². The Kier molecular flexibility index (Phi) is 17.3. The normalized spacial score (nSPS) is 11.7. The van der Waals surface area contributed by atoms with Crippen molar-refractivity contribution < 1.29 is 38.2 Å². The molecule has 268 valence electrons. The third-order valence-corrected chi connectivity index (χ3v) is 7.41. The number of ether oxygens (including phenoxy) is 3. The van der Waals surface area contributed by atoms with Crippen molar-refractivity contribution in [3.63, 3.8) is 0 Å². The van der Waals surface area contributed by atoms with Crippen LogP contribution in [0.4, 0.5) is 14.4 Å². The van der Waals surface area contributed by atoms with Crippen LogP contribution in [0, 0.1) is 0 Å². The third-order valence-electron chi connectivity index (χ3n) is 7.41. The van der Waals surface area contributed by atoms with Crippen LogP contribution >= 0.6 is 0 Å². The van der Waals surface area contributed by atoms with Gasteiger partial charge in [0.1, 0.15) is 25.9 Å². The van der Waals surface area contributed by atoms with Gasteiger partial charge in [-0.15, -0.1) is 0 Å². The van der Waals surface area contributed by atoms with Crippen LogP contribution in [0.1, 0.15) is 42.4 Å². The summed E-state index contributed by atoms with van der Waals surface area (Å²) in [5.74, 6) is -1.40. The monoisotopic (exact) mass is 690 g/mol. The number of rotatable bonds is 19. The van der Waals surface area contributed by atoms with E-state index in [-0.39, 0.29) is 58.7 Å². The number of nitrogens with two attached hydrogens (primary N) is 2. The van der Waals surface area contributed by atoms with Gasteiger partial charge in [-0.25, -0.2) is 14.4 Å². The van der Waals surface area contributed by atoms with Crippen LogP contribution in [0.15, 0.2) is 91.0 Å². The fourth-order valence-electron chi connectivity index (χ4n) is 4.78. The molecule has 0 aromatic heterocycles. The Morgan fingerprint density at radius 2 is 1.08 bits per heavy atom. The van der Waals surface area contributed by atoms with Gasteiger partial charge in [-0.2, -0.15) is 0 Å². The van der Waals surface area contributed by atoms with Crippen LogP contribution in [0.3, 0.4) is 0 Å². The van der Waals surface area contributed by atoms with Crippen LogP contribution in [0.25, 0.3) is 0 Å². The number of imide groups is 1. The van der Waals surface area contributed by atoms with E-state index in [1.807, 2.05) is 66.7 Å². The number of carbonyl (C=O) groups is 5. The second kappa shape index (κ2) is 22.2. The largest absolute Gasteiger partial charge is 0.445 e. The van der Waals surface area contributed by atoms with Crippen molar-refractivity contribution in [3.05, 3.63) is 108 Å². The average Bonchev–Trinajstić information content (AvgIpc) is 3.14. The van der Waals surface area contributed by atoms with Crippen molar-refractivity contribution in [3.8, 4) is 0 Å². The van der Waals surface area contributed by atoms with Gasteiger partial charge in [0, 0.05) is 19.6 Å². The van der Waals surface area contributed by atoms with E-state index in [0.29, 0.717) is 18.5 Å². The molecule has 50 heavy (non-hydrogen) atoms. The summed E-state index contributed by atoms with van der Waals surface area (Å²) in [4.78, 5) is 65.9.